The maximum atomic E-state index is 11.8. The van der Waals surface area contributed by atoms with Gasteiger partial charge in [0.05, 0.1) is 16.6 Å². The summed E-state index contributed by atoms with van der Waals surface area (Å²) in [6, 6.07) is 8.65. The van der Waals surface area contributed by atoms with E-state index in [1.807, 2.05) is 25.3 Å². The minimum atomic E-state index is -0.974. The number of aromatic carboxylic acids is 1. The van der Waals surface area contributed by atoms with Gasteiger partial charge in [0.25, 0.3) is 0 Å². The molecule has 0 aliphatic heterocycles. The largest absolute Gasteiger partial charge is 0.478 e. The number of aromatic nitrogens is 3. The third-order valence-electron chi connectivity index (χ3n) is 4.93. The molecule has 0 aliphatic carbocycles. The van der Waals surface area contributed by atoms with Gasteiger partial charge in [-0.05, 0) is 65.9 Å². The minimum Gasteiger partial charge on any atom is -0.478 e. The van der Waals surface area contributed by atoms with Crippen molar-refractivity contribution in [2.24, 2.45) is 0 Å². The predicted octanol–water partition coefficient (Wildman–Crippen LogP) is 3.90. The first kappa shape index (κ1) is 16.8. The Morgan fingerprint density at radius 1 is 1.04 bits per heavy atom. The van der Waals surface area contributed by atoms with Crippen LogP contribution in [-0.4, -0.2) is 26.0 Å². The molecule has 0 fully saturated rings. The van der Waals surface area contributed by atoms with Crippen molar-refractivity contribution >= 4 is 17.0 Å². The van der Waals surface area contributed by atoms with Gasteiger partial charge in [0, 0.05) is 30.2 Å². The molecule has 3 N–H and O–H groups in total. The van der Waals surface area contributed by atoms with Crippen molar-refractivity contribution in [3.8, 4) is 22.3 Å². The van der Waals surface area contributed by atoms with E-state index in [9.17, 15) is 14.7 Å². The van der Waals surface area contributed by atoms with Crippen LogP contribution in [0.4, 0.5) is 0 Å². The number of carbonyl (C=O) groups is 1. The van der Waals surface area contributed by atoms with Crippen molar-refractivity contribution in [2.45, 2.75) is 13.8 Å². The van der Waals surface area contributed by atoms with Gasteiger partial charge in [0.1, 0.15) is 0 Å². The highest BCUT2D eigenvalue weighted by molar-refractivity contribution is 6.02. The van der Waals surface area contributed by atoms with Gasteiger partial charge in [-0.15, -0.1) is 0 Å². The van der Waals surface area contributed by atoms with Crippen molar-refractivity contribution in [3.05, 3.63) is 76.0 Å². The van der Waals surface area contributed by atoms with E-state index in [1.165, 1.54) is 6.07 Å². The van der Waals surface area contributed by atoms with Crippen molar-refractivity contribution < 1.29 is 9.90 Å². The zero-order valence-corrected chi connectivity index (χ0v) is 14.8. The van der Waals surface area contributed by atoms with Crippen LogP contribution < -0.4 is 5.56 Å². The van der Waals surface area contributed by atoms with Crippen LogP contribution in [0.15, 0.2) is 53.7 Å². The molecule has 0 saturated heterocycles. The second kappa shape index (κ2) is 6.25. The van der Waals surface area contributed by atoms with E-state index in [0.29, 0.717) is 5.56 Å². The lowest BCUT2D eigenvalue weighted by Gasteiger charge is -2.17. The van der Waals surface area contributed by atoms with Crippen molar-refractivity contribution in [1.29, 1.82) is 0 Å². The Labute approximate surface area is 154 Å². The first-order valence-corrected chi connectivity index (χ1v) is 8.46. The number of pyridine rings is 2. The fourth-order valence-corrected chi connectivity index (χ4v) is 3.45. The quantitative estimate of drug-likeness (QED) is 0.516. The number of H-pyrrole nitrogens is 2. The second-order valence-corrected chi connectivity index (χ2v) is 6.45. The minimum absolute atomic E-state index is 0.189. The number of hydrogen-bond donors (Lipinski definition) is 3. The summed E-state index contributed by atoms with van der Waals surface area (Å²) < 4.78 is 0. The molecule has 1 aromatic carbocycles. The Bertz CT molecular complexity index is 1230. The van der Waals surface area contributed by atoms with Crippen LogP contribution in [0.5, 0.6) is 0 Å². The lowest BCUT2D eigenvalue weighted by Crippen LogP contribution is -2.06. The maximum Gasteiger partial charge on any atom is 0.335 e. The molecule has 0 amide bonds. The van der Waals surface area contributed by atoms with Gasteiger partial charge in [-0.25, -0.2) is 4.79 Å². The fraction of sp³-hybridized carbons (Fsp3) is 0.0952. The summed E-state index contributed by atoms with van der Waals surface area (Å²) in [7, 11) is 0. The highest BCUT2D eigenvalue weighted by atomic mass is 16.4. The molecule has 4 aromatic rings. The molecule has 3 heterocycles. The summed E-state index contributed by atoms with van der Waals surface area (Å²) in [5.74, 6) is -0.974. The molecule has 0 bridgehead atoms. The van der Waals surface area contributed by atoms with E-state index in [0.717, 1.165) is 38.9 Å². The fourth-order valence-electron chi connectivity index (χ4n) is 3.45. The summed E-state index contributed by atoms with van der Waals surface area (Å²) >= 11 is 0. The highest BCUT2D eigenvalue weighted by Gasteiger charge is 2.21. The first-order chi connectivity index (χ1) is 13.0. The molecule has 0 saturated carbocycles. The molecular formula is C21H17N3O3. The number of rotatable bonds is 3. The van der Waals surface area contributed by atoms with Gasteiger partial charge < -0.3 is 15.1 Å². The second-order valence-electron chi connectivity index (χ2n) is 6.45. The summed E-state index contributed by atoms with van der Waals surface area (Å²) in [6.45, 7) is 3.69. The molecular weight excluding hydrogens is 342 g/mol. The van der Waals surface area contributed by atoms with E-state index >= 15 is 0 Å². The van der Waals surface area contributed by atoms with E-state index in [1.54, 1.807) is 31.5 Å². The van der Waals surface area contributed by atoms with E-state index in [2.05, 4.69) is 15.0 Å². The van der Waals surface area contributed by atoms with Crippen LogP contribution in [0.1, 0.15) is 21.5 Å². The monoisotopic (exact) mass is 359 g/mol. The predicted molar refractivity (Wildman–Crippen MR) is 104 cm³/mol. The molecule has 27 heavy (non-hydrogen) atoms. The Morgan fingerprint density at radius 2 is 1.85 bits per heavy atom. The first-order valence-electron chi connectivity index (χ1n) is 8.46. The average Bonchev–Trinajstić information content (AvgIpc) is 3.08. The number of hydrogen-bond acceptors (Lipinski definition) is 3. The lowest BCUT2D eigenvalue weighted by atomic mass is 9.87. The number of fused-ring (bicyclic) bond motifs is 1. The summed E-state index contributed by atoms with van der Waals surface area (Å²) in [4.78, 5) is 33.6. The van der Waals surface area contributed by atoms with Gasteiger partial charge in [-0.2, -0.15) is 0 Å². The molecule has 0 radical (unpaired) electrons. The third-order valence-corrected chi connectivity index (χ3v) is 4.93. The van der Waals surface area contributed by atoms with Crippen LogP contribution in [0.2, 0.25) is 0 Å². The van der Waals surface area contributed by atoms with Gasteiger partial charge in [0.15, 0.2) is 0 Å². The smallest absolute Gasteiger partial charge is 0.335 e. The van der Waals surface area contributed by atoms with E-state index < -0.39 is 5.97 Å². The summed E-state index contributed by atoms with van der Waals surface area (Å²) in [6.07, 6.45) is 5.19. The third kappa shape index (κ3) is 2.71. The zero-order chi connectivity index (χ0) is 19.1. The normalized spacial score (nSPS) is 11.0. The van der Waals surface area contributed by atoms with Gasteiger partial charge in [0.2, 0.25) is 5.56 Å². The molecule has 4 rings (SSSR count). The number of aromatic amines is 2. The molecule has 134 valence electrons. The molecule has 6 nitrogen and oxygen atoms in total. The molecule has 3 aromatic heterocycles. The highest BCUT2D eigenvalue weighted by Crippen LogP contribution is 2.39. The molecule has 0 unspecified atom stereocenters. The number of benzene rings is 1. The SMILES string of the molecule is Cc1c(C(=O)O)cc(-c2c[nH]c3cccnc23)c(-c2ccc(=O)[nH]c2)c1C. The molecule has 0 spiro atoms. The van der Waals surface area contributed by atoms with Crippen LogP contribution >= 0.6 is 0 Å². The summed E-state index contributed by atoms with van der Waals surface area (Å²) in [5.41, 5.74) is 6.50. The zero-order valence-electron chi connectivity index (χ0n) is 14.8. The standard InChI is InChI=1S/C21H17N3O3/c1-11-12(2)19(13-5-6-18(25)24-9-13)15(8-14(11)21(26)27)16-10-23-17-4-3-7-22-20(16)17/h3-10,23H,1-2H3,(H,24,25)(H,26,27). The number of carboxylic acid groups (broad SMARTS) is 1. The molecule has 0 aliphatic rings. The maximum absolute atomic E-state index is 11.8. The van der Waals surface area contributed by atoms with Gasteiger partial charge in [-0.3, -0.25) is 9.78 Å². The van der Waals surface area contributed by atoms with Crippen molar-refractivity contribution in [2.75, 3.05) is 0 Å². The number of nitrogens with one attached hydrogen (secondary N) is 2. The molecule has 0 atom stereocenters. The Hall–Kier alpha value is -3.67. The number of nitrogens with zero attached hydrogens (tertiary/aromatic N) is 1. The van der Waals surface area contributed by atoms with Crippen molar-refractivity contribution in [3.63, 3.8) is 0 Å². The Balaban J connectivity index is 2.11. The average molecular weight is 359 g/mol. The van der Waals surface area contributed by atoms with Crippen LogP contribution in [0.25, 0.3) is 33.3 Å². The van der Waals surface area contributed by atoms with Crippen LogP contribution in [0, 0.1) is 13.8 Å². The van der Waals surface area contributed by atoms with Crippen LogP contribution in [-0.2, 0) is 0 Å². The Kier molecular flexibility index (Phi) is 3.88. The van der Waals surface area contributed by atoms with E-state index in [4.69, 9.17) is 0 Å². The number of carboxylic acids is 1. The van der Waals surface area contributed by atoms with Gasteiger partial charge >= 0.3 is 5.97 Å². The Morgan fingerprint density at radius 3 is 2.56 bits per heavy atom. The summed E-state index contributed by atoms with van der Waals surface area (Å²) in [5, 5.41) is 9.65. The van der Waals surface area contributed by atoms with Crippen LogP contribution in [0.3, 0.4) is 0 Å². The van der Waals surface area contributed by atoms with Gasteiger partial charge in [-0.1, -0.05) is 0 Å². The topological polar surface area (TPSA) is 98.8 Å². The molecule has 6 heteroatoms. The van der Waals surface area contributed by atoms with Crippen molar-refractivity contribution in [1.82, 2.24) is 15.0 Å². The van der Waals surface area contributed by atoms with E-state index in [-0.39, 0.29) is 11.1 Å². The lowest BCUT2D eigenvalue weighted by molar-refractivity contribution is 0.0696.